The second-order valence-electron chi connectivity index (χ2n) is 4.93. The number of carboxylic acid groups (broad SMARTS) is 1. The van der Waals surface area contributed by atoms with Gasteiger partial charge in [-0.3, -0.25) is 0 Å². The third-order valence-corrected chi connectivity index (χ3v) is 3.93. The van der Waals surface area contributed by atoms with Gasteiger partial charge in [-0.15, -0.1) is 0 Å². The standard InChI is InChI=1S/C15H21BrN2O3/c1-3-4-9-13(14(19)20)17-15(21)18(2)10-11-7-5-6-8-12(11)16/h5-8,13H,3-4,9-10H2,1-2H3,(H,17,21)(H,19,20). The van der Waals surface area contributed by atoms with Gasteiger partial charge >= 0.3 is 12.0 Å². The Morgan fingerprint density at radius 3 is 2.62 bits per heavy atom. The maximum Gasteiger partial charge on any atom is 0.326 e. The summed E-state index contributed by atoms with van der Waals surface area (Å²) < 4.78 is 0.922. The third-order valence-electron chi connectivity index (χ3n) is 3.15. The van der Waals surface area contributed by atoms with Gasteiger partial charge in [0, 0.05) is 18.1 Å². The molecule has 1 aromatic carbocycles. The first-order valence-electron chi connectivity index (χ1n) is 6.93. The van der Waals surface area contributed by atoms with Gasteiger partial charge < -0.3 is 15.3 Å². The molecule has 6 heteroatoms. The molecule has 0 radical (unpaired) electrons. The number of benzene rings is 1. The molecule has 21 heavy (non-hydrogen) atoms. The molecule has 1 atom stereocenters. The van der Waals surface area contributed by atoms with Crippen molar-refractivity contribution >= 4 is 27.9 Å². The van der Waals surface area contributed by atoms with E-state index in [4.69, 9.17) is 5.11 Å². The van der Waals surface area contributed by atoms with Crippen molar-refractivity contribution < 1.29 is 14.7 Å². The highest BCUT2D eigenvalue weighted by Crippen LogP contribution is 2.17. The zero-order valence-electron chi connectivity index (χ0n) is 12.3. The number of carboxylic acids is 1. The zero-order chi connectivity index (χ0) is 15.8. The molecule has 0 aliphatic heterocycles. The van der Waals surface area contributed by atoms with Crippen molar-refractivity contribution in [2.75, 3.05) is 7.05 Å². The number of hydrogen-bond donors (Lipinski definition) is 2. The number of carbonyl (C=O) groups excluding carboxylic acids is 1. The van der Waals surface area contributed by atoms with Crippen LogP contribution in [-0.2, 0) is 11.3 Å². The number of amides is 2. The molecular weight excluding hydrogens is 336 g/mol. The van der Waals surface area contributed by atoms with E-state index in [9.17, 15) is 9.59 Å². The van der Waals surface area contributed by atoms with Gasteiger partial charge in [0.15, 0.2) is 0 Å². The number of nitrogens with one attached hydrogen (secondary N) is 1. The summed E-state index contributed by atoms with van der Waals surface area (Å²) in [6.07, 6.45) is 2.11. The van der Waals surface area contributed by atoms with Crippen LogP contribution in [0.5, 0.6) is 0 Å². The molecule has 0 heterocycles. The Hall–Kier alpha value is -1.56. The van der Waals surface area contributed by atoms with Crippen LogP contribution in [0.15, 0.2) is 28.7 Å². The molecule has 0 fully saturated rings. The summed E-state index contributed by atoms with van der Waals surface area (Å²) in [7, 11) is 1.65. The third kappa shape index (κ3) is 5.75. The highest BCUT2D eigenvalue weighted by Gasteiger charge is 2.21. The minimum atomic E-state index is -0.994. The van der Waals surface area contributed by atoms with Crippen LogP contribution in [0, 0.1) is 0 Å². The second kappa shape index (κ2) is 8.67. The molecule has 1 rings (SSSR count). The first-order chi connectivity index (χ1) is 9.95. The molecule has 0 aliphatic rings. The molecule has 0 bridgehead atoms. The van der Waals surface area contributed by atoms with E-state index in [0.717, 1.165) is 22.9 Å². The molecule has 2 N–H and O–H groups in total. The molecule has 0 aliphatic carbocycles. The van der Waals surface area contributed by atoms with Crippen LogP contribution in [0.2, 0.25) is 0 Å². The van der Waals surface area contributed by atoms with E-state index in [-0.39, 0.29) is 6.03 Å². The zero-order valence-corrected chi connectivity index (χ0v) is 13.9. The van der Waals surface area contributed by atoms with Gasteiger partial charge in [-0.05, 0) is 18.1 Å². The monoisotopic (exact) mass is 356 g/mol. The van der Waals surface area contributed by atoms with Crippen molar-refractivity contribution in [1.29, 1.82) is 0 Å². The fourth-order valence-corrected chi connectivity index (χ4v) is 2.29. The van der Waals surface area contributed by atoms with Crippen molar-refractivity contribution in [2.24, 2.45) is 0 Å². The number of rotatable bonds is 7. The molecule has 2 amide bonds. The number of hydrogen-bond acceptors (Lipinski definition) is 2. The second-order valence-corrected chi connectivity index (χ2v) is 5.78. The lowest BCUT2D eigenvalue weighted by Crippen LogP contribution is -2.46. The largest absolute Gasteiger partial charge is 0.480 e. The SMILES string of the molecule is CCCCC(NC(=O)N(C)Cc1ccccc1Br)C(=O)O. The highest BCUT2D eigenvalue weighted by atomic mass is 79.9. The Morgan fingerprint density at radius 2 is 2.05 bits per heavy atom. The number of urea groups is 1. The molecule has 0 aromatic heterocycles. The average Bonchev–Trinajstić information content (AvgIpc) is 2.45. The van der Waals surface area contributed by atoms with Crippen molar-refractivity contribution in [3.05, 3.63) is 34.3 Å². The van der Waals surface area contributed by atoms with Crippen LogP contribution in [0.25, 0.3) is 0 Å². The van der Waals surface area contributed by atoms with E-state index in [1.807, 2.05) is 31.2 Å². The lowest BCUT2D eigenvalue weighted by molar-refractivity contribution is -0.139. The normalized spacial score (nSPS) is 11.8. The molecule has 5 nitrogen and oxygen atoms in total. The average molecular weight is 357 g/mol. The number of aliphatic carboxylic acids is 1. The van der Waals surface area contributed by atoms with E-state index in [1.165, 1.54) is 4.90 Å². The smallest absolute Gasteiger partial charge is 0.326 e. The maximum atomic E-state index is 12.1. The summed E-state index contributed by atoms with van der Waals surface area (Å²) in [6.45, 7) is 2.40. The van der Waals surface area contributed by atoms with Gasteiger partial charge in [-0.25, -0.2) is 9.59 Å². The summed E-state index contributed by atoms with van der Waals surface area (Å²) in [6, 6.07) is 6.40. The van der Waals surface area contributed by atoms with Gasteiger partial charge in [0.05, 0.1) is 0 Å². The molecule has 0 saturated heterocycles. The van der Waals surface area contributed by atoms with Crippen molar-refractivity contribution in [2.45, 2.75) is 38.8 Å². The first kappa shape index (κ1) is 17.5. The Bertz CT molecular complexity index is 494. The molecular formula is C15H21BrN2O3. The molecule has 1 aromatic rings. The summed E-state index contributed by atoms with van der Waals surface area (Å²) in [4.78, 5) is 24.7. The lowest BCUT2D eigenvalue weighted by atomic mass is 10.1. The van der Waals surface area contributed by atoms with Crippen LogP contribution < -0.4 is 5.32 Å². The van der Waals surface area contributed by atoms with Gasteiger partial charge in [0.2, 0.25) is 0 Å². The fraction of sp³-hybridized carbons (Fsp3) is 0.467. The Morgan fingerprint density at radius 1 is 1.38 bits per heavy atom. The van der Waals surface area contributed by atoms with Crippen LogP contribution in [0.1, 0.15) is 31.7 Å². The molecule has 1 unspecified atom stereocenters. The van der Waals surface area contributed by atoms with Gasteiger partial charge in [-0.2, -0.15) is 0 Å². The maximum absolute atomic E-state index is 12.1. The van der Waals surface area contributed by atoms with Crippen LogP contribution in [0.4, 0.5) is 4.79 Å². The van der Waals surface area contributed by atoms with Crippen molar-refractivity contribution in [3.63, 3.8) is 0 Å². The molecule has 116 valence electrons. The number of halogens is 1. The van der Waals surface area contributed by atoms with Gasteiger partial charge in [0.1, 0.15) is 6.04 Å². The van der Waals surface area contributed by atoms with Crippen LogP contribution >= 0.6 is 15.9 Å². The van der Waals surface area contributed by atoms with E-state index < -0.39 is 12.0 Å². The topological polar surface area (TPSA) is 69.6 Å². The Balaban J connectivity index is 2.61. The van der Waals surface area contributed by atoms with Gasteiger partial charge in [0.25, 0.3) is 0 Å². The minimum absolute atomic E-state index is 0.380. The highest BCUT2D eigenvalue weighted by molar-refractivity contribution is 9.10. The van der Waals surface area contributed by atoms with E-state index in [1.54, 1.807) is 7.05 Å². The van der Waals surface area contributed by atoms with Gasteiger partial charge in [-0.1, -0.05) is 53.9 Å². The summed E-state index contributed by atoms with van der Waals surface area (Å²) in [5, 5.41) is 11.7. The molecule has 0 saturated carbocycles. The van der Waals surface area contributed by atoms with Crippen LogP contribution in [-0.4, -0.2) is 35.1 Å². The van der Waals surface area contributed by atoms with E-state index >= 15 is 0 Å². The quantitative estimate of drug-likeness (QED) is 0.787. The Kier molecular flexibility index (Phi) is 7.22. The lowest BCUT2D eigenvalue weighted by Gasteiger charge is -2.22. The minimum Gasteiger partial charge on any atom is -0.480 e. The predicted octanol–water partition coefficient (Wildman–Crippen LogP) is 3.23. The van der Waals surface area contributed by atoms with Crippen molar-refractivity contribution in [3.8, 4) is 0 Å². The predicted molar refractivity (Wildman–Crippen MR) is 85.1 cm³/mol. The number of carbonyl (C=O) groups is 2. The summed E-state index contributed by atoms with van der Waals surface area (Å²) in [5.41, 5.74) is 0.968. The number of nitrogens with zero attached hydrogens (tertiary/aromatic N) is 1. The Labute approximate surface area is 133 Å². The molecule has 0 spiro atoms. The van der Waals surface area contributed by atoms with E-state index in [2.05, 4.69) is 21.2 Å². The summed E-state index contributed by atoms with van der Waals surface area (Å²) in [5.74, 6) is -0.994. The van der Waals surface area contributed by atoms with E-state index in [0.29, 0.717) is 13.0 Å². The first-order valence-corrected chi connectivity index (χ1v) is 7.72. The number of unbranched alkanes of at least 4 members (excludes halogenated alkanes) is 1. The summed E-state index contributed by atoms with van der Waals surface area (Å²) >= 11 is 3.43. The fourth-order valence-electron chi connectivity index (χ4n) is 1.88. The van der Waals surface area contributed by atoms with Crippen LogP contribution in [0.3, 0.4) is 0 Å². The van der Waals surface area contributed by atoms with Crippen molar-refractivity contribution in [1.82, 2.24) is 10.2 Å².